The molecular formula is C10H16ClN3O2S. The molecule has 7 heteroatoms. The predicted molar refractivity (Wildman–Crippen MR) is 65.4 cm³/mol. The number of aryl methyl sites for hydroxylation is 1. The maximum absolute atomic E-state index is 11.9. The highest BCUT2D eigenvalue weighted by atomic mass is 35.5. The molecule has 0 aliphatic heterocycles. The standard InChI is InChI=1S/C10H16ClN3O2S/c1-14-10(4-5-12-14)17(15,16)13-7-8-2-3-9(11)6-8/h4-5,8-9,13H,2-3,6-7H2,1H3. The first-order chi connectivity index (χ1) is 7.99. The SMILES string of the molecule is Cn1nccc1S(=O)(=O)NCC1CCC(Cl)C1. The van der Waals surface area contributed by atoms with Gasteiger partial charge in [-0.25, -0.2) is 13.1 Å². The van der Waals surface area contributed by atoms with Gasteiger partial charge in [-0.3, -0.25) is 4.68 Å². The lowest BCUT2D eigenvalue weighted by Crippen LogP contribution is -2.30. The van der Waals surface area contributed by atoms with Crippen molar-refractivity contribution in [3.05, 3.63) is 12.3 Å². The Morgan fingerprint density at radius 2 is 2.35 bits per heavy atom. The number of alkyl halides is 1. The second kappa shape index (κ2) is 4.96. The van der Waals surface area contributed by atoms with E-state index in [1.807, 2.05) is 0 Å². The van der Waals surface area contributed by atoms with Crippen molar-refractivity contribution in [1.29, 1.82) is 0 Å². The Hall–Kier alpha value is -0.590. The van der Waals surface area contributed by atoms with E-state index < -0.39 is 10.0 Å². The largest absolute Gasteiger partial charge is 0.257 e. The Morgan fingerprint density at radius 3 is 2.88 bits per heavy atom. The van der Waals surface area contributed by atoms with Gasteiger partial charge >= 0.3 is 0 Å². The second-order valence-corrected chi connectivity index (χ2v) is 6.75. The van der Waals surface area contributed by atoms with Crippen LogP contribution in [-0.2, 0) is 17.1 Å². The van der Waals surface area contributed by atoms with Crippen molar-refractivity contribution in [2.75, 3.05) is 6.54 Å². The van der Waals surface area contributed by atoms with Crippen molar-refractivity contribution in [3.8, 4) is 0 Å². The zero-order chi connectivity index (χ0) is 12.5. The number of hydrogen-bond donors (Lipinski definition) is 1. The van der Waals surface area contributed by atoms with Gasteiger partial charge in [0, 0.05) is 19.0 Å². The highest BCUT2D eigenvalue weighted by Gasteiger charge is 2.25. The fraction of sp³-hybridized carbons (Fsp3) is 0.700. The molecule has 0 amide bonds. The van der Waals surface area contributed by atoms with Gasteiger partial charge in [0.15, 0.2) is 5.03 Å². The second-order valence-electron chi connectivity index (χ2n) is 4.42. The van der Waals surface area contributed by atoms with Crippen LogP contribution < -0.4 is 4.72 Å². The Morgan fingerprint density at radius 1 is 1.59 bits per heavy atom. The third-order valence-electron chi connectivity index (χ3n) is 3.09. The van der Waals surface area contributed by atoms with Crippen molar-refractivity contribution in [1.82, 2.24) is 14.5 Å². The minimum atomic E-state index is -3.45. The number of nitrogens with zero attached hydrogens (tertiary/aromatic N) is 2. The maximum atomic E-state index is 11.9. The third kappa shape index (κ3) is 3.00. The first-order valence-electron chi connectivity index (χ1n) is 5.61. The molecule has 17 heavy (non-hydrogen) atoms. The fourth-order valence-electron chi connectivity index (χ4n) is 2.13. The summed E-state index contributed by atoms with van der Waals surface area (Å²) in [6.45, 7) is 0.455. The molecule has 1 fully saturated rings. The minimum absolute atomic E-state index is 0.193. The van der Waals surface area contributed by atoms with Crippen molar-refractivity contribution < 1.29 is 8.42 Å². The molecule has 0 radical (unpaired) electrons. The van der Waals surface area contributed by atoms with Crippen LogP contribution in [0.3, 0.4) is 0 Å². The molecule has 2 rings (SSSR count). The van der Waals surface area contributed by atoms with Gasteiger partial charge in [0.1, 0.15) is 0 Å². The smallest absolute Gasteiger partial charge is 0.256 e. The van der Waals surface area contributed by atoms with Crippen LogP contribution in [-0.4, -0.2) is 30.1 Å². The van der Waals surface area contributed by atoms with E-state index in [4.69, 9.17) is 11.6 Å². The predicted octanol–water partition coefficient (Wildman–Crippen LogP) is 1.11. The molecule has 2 unspecified atom stereocenters. The molecule has 1 aliphatic carbocycles. The van der Waals surface area contributed by atoms with E-state index in [1.165, 1.54) is 16.9 Å². The number of sulfonamides is 1. The summed E-state index contributed by atoms with van der Waals surface area (Å²) in [6.07, 6.45) is 4.32. The zero-order valence-corrected chi connectivity index (χ0v) is 11.2. The van der Waals surface area contributed by atoms with Gasteiger partial charge in [-0.15, -0.1) is 11.6 Å². The lowest BCUT2D eigenvalue weighted by molar-refractivity contribution is 0.514. The van der Waals surface area contributed by atoms with Crippen LogP contribution in [0.1, 0.15) is 19.3 Å². The Balaban J connectivity index is 1.97. The highest BCUT2D eigenvalue weighted by molar-refractivity contribution is 7.89. The lowest BCUT2D eigenvalue weighted by atomic mass is 10.1. The molecule has 0 bridgehead atoms. The number of rotatable bonds is 4. The van der Waals surface area contributed by atoms with Crippen LogP contribution in [0.5, 0.6) is 0 Å². The summed E-state index contributed by atoms with van der Waals surface area (Å²) in [6, 6.07) is 1.49. The maximum Gasteiger partial charge on any atom is 0.257 e. The van der Waals surface area contributed by atoms with Crippen LogP contribution >= 0.6 is 11.6 Å². The Labute approximate surface area is 106 Å². The summed E-state index contributed by atoms with van der Waals surface area (Å²) >= 11 is 5.99. The lowest BCUT2D eigenvalue weighted by Gasteiger charge is -2.11. The van der Waals surface area contributed by atoms with E-state index >= 15 is 0 Å². The quantitative estimate of drug-likeness (QED) is 0.839. The van der Waals surface area contributed by atoms with Gasteiger partial charge in [0.05, 0.1) is 6.20 Å². The summed E-state index contributed by atoms with van der Waals surface area (Å²) in [5, 5.41) is 4.24. The van der Waals surface area contributed by atoms with Crippen molar-refractivity contribution in [3.63, 3.8) is 0 Å². The Kier molecular flexibility index (Phi) is 3.75. The molecule has 0 saturated heterocycles. The molecule has 96 valence electrons. The molecule has 1 aliphatic rings. The Bertz CT molecular complexity index is 485. The van der Waals surface area contributed by atoms with Crippen LogP contribution in [0.2, 0.25) is 0 Å². The monoisotopic (exact) mass is 277 g/mol. The highest BCUT2D eigenvalue weighted by Crippen LogP contribution is 2.29. The van der Waals surface area contributed by atoms with Gasteiger partial charge < -0.3 is 0 Å². The third-order valence-corrected chi connectivity index (χ3v) is 4.98. The summed E-state index contributed by atoms with van der Waals surface area (Å²) in [5.74, 6) is 0.348. The first kappa shape index (κ1) is 12.9. The summed E-state index contributed by atoms with van der Waals surface area (Å²) < 4.78 is 27.9. The molecule has 1 saturated carbocycles. The molecule has 1 N–H and O–H groups in total. The summed E-state index contributed by atoms with van der Waals surface area (Å²) in [7, 11) is -1.84. The van der Waals surface area contributed by atoms with Crippen LogP contribution in [0.25, 0.3) is 0 Å². The minimum Gasteiger partial charge on any atom is -0.256 e. The molecule has 5 nitrogen and oxygen atoms in total. The van der Waals surface area contributed by atoms with Crippen molar-refractivity contribution >= 4 is 21.6 Å². The number of nitrogens with one attached hydrogen (secondary N) is 1. The molecule has 1 heterocycles. The molecule has 2 atom stereocenters. The first-order valence-corrected chi connectivity index (χ1v) is 7.53. The van der Waals surface area contributed by atoms with Gasteiger partial charge in [-0.05, 0) is 31.2 Å². The molecule has 0 aromatic carbocycles. The van der Waals surface area contributed by atoms with E-state index in [0.717, 1.165) is 19.3 Å². The van der Waals surface area contributed by atoms with E-state index in [2.05, 4.69) is 9.82 Å². The van der Waals surface area contributed by atoms with Crippen molar-refractivity contribution in [2.24, 2.45) is 13.0 Å². The summed E-state index contributed by atoms with van der Waals surface area (Å²) in [5.41, 5.74) is 0. The van der Waals surface area contributed by atoms with E-state index in [0.29, 0.717) is 12.5 Å². The normalized spacial score (nSPS) is 25.3. The van der Waals surface area contributed by atoms with Crippen LogP contribution in [0, 0.1) is 5.92 Å². The van der Waals surface area contributed by atoms with Crippen molar-refractivity contribution in [2.45, 2.75) is 29.7 Å². The molecule has 0 spiro atoms. The van der Waals surface area contributed by atoms with Gasteiger partial charge in [0.25, 0.3) is 10.0 Å². The number of aromatic nitrogens is 2. The van der Waals surface area contributed by atoms with Gasteiger partial charge in [-0.1, -0.05) is 0 Å². The number of hydrogen-bond acceptors (Lipinski definition) is 3. The van der Waals surface area contributed by atoms with Crippen LogP contribution in [0.15, 0.2) is 17.3 Å². The van der Waals surface area contributed by atoms with E-state index in [-0.39, 0.29) is 10.4 Å². The van der Waals surface area contributed by atoms with Gasteiger partial charge in [-0.2, -0.15) is 5.10 Å². The average molecular weight is 278 g/mol. The fourth-order valence-corrected chi connectivity index (χ4v) is 3.74. The average Bonchev–Trinajstić information content (AvgIpc) is 2.85. The number of halogens is 1. The molecule has 1 aromatic heterocycles. The zero-order valence-electron chi connectivity index (χ0n) is 9.63. The van der Waals surface area contributed by atoms with E-state index in [9.17, 15) is 8.42 Å². The van der Waals surface area contributed by atoms with E-state index in [1.54, 1.807) is 7.05 Å². The summed E-state index contributed by atoms with van der Waals surface area (Å²) in [4.78, 5) is 0. The van der Waals surface area contributed by atoms with Crippen LogP contribution in [0.4, 0.5) is 0 Å². The molecular weight excluding hydrogens is 262 g/mol. The topological polar surface area (TPSA) is 64.0 Å². The van der Waals surface area contributed by atoms with Gasteiger partial charge in [0.2, 0.25) is 0 Å². The molecule has 1 aromatic rings.